The maximum Gasteiger partial charge on any atom is 0.230 e. The number of aromatic nitrogens is 4. The summed E-state index contributed by atoms with van der Waals surface area (Å²) in [6, 6.07) is 11.8. The molecule has 0 aliphatic heterocycles. The van der Waals surface area contributed by atoms with Gasteiger partial charge in [0.15, 0.2) is 5.65 Å². The van der Waals surface area contributed by atoms with E-state index < -0.39 is 0 Å². The van der Waals surface area contributed by atoms with Crippen molar-refractivity contribution in [2.75, 3.05) is 12.9 Å². The number of aryl methyl sites for hydroxylation is 2. The van der Waals surface area contributed by atoms with Crippen LogP contribution in [0, 0.1) is 13.8 Å². The molecular weight excluding hydrogens is 386 g/mol. The highest BCUT2D eigenvalue weighted by atomic mass is 32.2. The van der Waals surface area contributed by atoms with Crippen molar-refractivity contribution in [3.63, 3.8) is 0 Å². The lowest BCUT2D eigenvalue weighted by molar-refractivity contribution is -0.118. The van der Waals surface area contributed by atoms with Gasteiger partial charge in [0.1, 0.15) is 11.3 Å². The average Bonchev–Trinajstić information content (AvgIpc) is 3.08. The molecule has 1 amide bonds. The largest absolute Gasteiger partial charge is 0.496 e. The Bertz CT molecular complexity index is 1200. The summed E-state index contributed by atoms with van der Waals surface area (Å²) in [5.74, 6) is 0.863. The number of nitrogens with zero attached hydrogens (tertiary/aromatic N) is 3. The number of rotatable bonds is 6. The first-order valence-electron chi connectivity index (χ1n) is 9.20. The zero-order chi connectivity index (χ0) is 20.4. The first-order valence-corrected chi connectivity index (χ1v) is 10.2. The summed E-state index contributed by atoms with van der Waals surface area (Å²) in [4.78, 5) is 20.1. The van der Waals surface area contributed by atoms with Crippen LogP contribution in [0.15, 0.2) is 41.6 Å². The third-order valence-electron chi connectivity index (χ3n) is 4.64. The molecule has 0 radical (unpaired) electrons. The molecule has 29 heavy (non-hydrogen) atoms. The second kappa shape index (κ2) is 8.08. The molecule has 0 saturated heterocycles. The Hall–Kier alpha value is -3.13. The van der Waals surface area contributed by atoms with Crippen LogP contribution in [0.5, 0.6) is 5.75 Å². The van der Waals surface area contributed by atoms with Crippen molar-refractivity contribution in [3.05, 3.63) is 53.1 Å². The number of hydrogen-bond donors (Lipinski definition) is 2. The Morgan fingerprint density at radius 3 is 2.86 bits per heavy atom. The number of carbonyl (C=O) groups is 1. The van der Waals surface area contributed by atoms with Crippen molar-refractivity contribution in [2.24, 2.45) is 0 Å². The van der Waals surface area contributed by atoms with Crippen LogP contribution in [0.1, 0.15) is 16.7 Å². The van der Waals surface area contributed by atoms with Gasteiger partial charge in [-0.3, -0.25) is 4.79 Å². The summed E-state index contributed by atoms with van der Waals surface area (Å²) < 4.78 is 5.30. The van der Waals surface area contributed by atoms with Gasteiger partial charge in [-0.15, -0.1) is 10.2 Å². The third-order valence-corrected chi connectivity index (χ3v) is 5.48. The van der Waals surface area contributed by atoms with E-state index in [-0.39, 0.29) is 11.7 Å². The van der Waals surface area contributed by atoms with E-state index in [4.69, 9.17) is 4.74 Å². The molecule has 0 fully saturated rings. The van der Waals surface area contributed by atoms with E-state index in [0.29, 0.717) is 17.3 Å². The molecular formula is C21H21N5O2S. The molecule has 0 aliphatic rings. The lowest BCUT2D eigenvalue weighted by Gasteiger charge is -2.09. The third kappa shape index (κ3) is 4.02. The smallest absolute Gasteiger partial charge is 0.230 e. The Kier molecular flexibility index (Phi) is 5.35. The molecule has 4 aromatic rings. The fraction of sp³-hybridized carbons (Fsp3) is 0.238. The molecule has 0 spiro atoms. The number of benzene rings is 2. The van der Waals surface area contributed by atoms with E-state index in [9.17, 15) is 4.79 Å². The fourth-order valence-corrected chi connectivity index (χ4v) is 3.98. The van der Waals surface area contributed by atoms with Gasteiger partial charge in [-0.05, 0) is 37.1 Å². The summed E-state index contributed by atoms with van der Waals surface area (Å²) in [5.41, 5.74) is 5.67. The van der Waals surface area contributed by atoms with Crippen LogP contribution < -0.4 is 10.1 Å². The molecule has 4 rings (SSSR count). The topological polar surface area (TPSA) is 92.8 Å². The number of methoxy groups -OCH3 is 1. The van der Waals surface area contributed by atoms with Crippen molar-refractivity contribution in [2.45, 2.75) is 25.5 Å². The molecule has 0 unspecified atom stereocenters. The number of fused-ring (bicyclic) bond motifs is 3. The van der Waals surface area contributed by atoms with Crippen molar-refractivity contribution in [1.29, 1.82) is 0 Å². The molecule has 2 N–H and O–H groups in total. The summed E-state index contributed by atoms with van der Waals surface area (Å²) in [7, 11) is 1.62. The molecule has 148 valence electrons. The standard InChI is InChI=1S/C21H21N5O2S/c1-12-8-13(2)18-15(9-12)23-20-19(18)24-21(26-25-20)29-11-17(27)22-10-14-6-4-5-7-16(14)28-3/h4-9H,10-11H2,1-3H3,(H,22,27)(H,23,25). The number of amides is 1. The van der Waals surface area contributed by atoms with Gasteiger partial charge in [-0.1, -0.05) is 36.0 Å². The predicted molar refractivity (Wildman–Crippen MR) is 114 cm³/mol. The van der Waals surface area contributed by atoms with Gasteiger partial charge in [-0.25, -0.2) is 4.98 Å². The number of H-pyrrole nitrogens is 1. The molecule has 0 aliphatic carbocycles. The monoisotopic (exact) mass is 407 g/mol. The van der Waals surface area contributed by atoms with Gasteiger partial charge >= 0.3 is 0 Å². The molecule has 2 aromatic carbocycles. The number of aromatic amines is 1. The van der Waals surface area contributed by atoms with Crippen molar-refractivity contribution < 1.29 is 9.53 Å². The second-order valence-electron chi connectivity index (χ2n) is 6.80. The second-order valence-corrected chi connectivity index (χ2v) is 7.74. The predicted octanol–water partition coefficient (Wildman–Crippen LogP) is 3.54. The number of hydrogen-bond acceptors (Lipinski definition) is 6. The molecule has 7 nitrogen and oxygen atoms in total. The van der Waals surface area contributed by atoms with E-state index >= 15 is 0 Å². The summed E-state index contributed by atoms with van der Waals surface area (Å²) in [6.07, 6.45) is 0. The summed E-state index contributed by atoms with van der Waals surface area (Å²) >= 11 is 1.27. The highest BCUT2D eigenvalue weighted by molar-refractivity contribution is 7.99. The van der Waals surface area contributed by atoms with Gasteiger partial charge < -0.3 is 15.0 Å². The zero-order valence-corrected chi connectivity index (χ0v) is 17.3. The number of ether oxygens (including phenoxy) is 1. The normalized spacial score (nSPS) is 11.1. The first-order chi connectivity index (χ1) is 14.0. The number of carbonyl (C=O) groups excluding carboxylic acids is 1. The molecule has 0 saturated carbocycles. The SMILES string of the molecule is COc1ccccc1CNC(=O)CSc1nnc2[nH]c3cc(C)cc(C)c3c2n1. The number of para-hydroxylation sites is 1. The summed E-state index contributed by atoms with van der Waals surface area (Å²) in [5, 5.41) is 12.8. The van der Waals surface area contributed by atoms with Gasteiger partial charge in [0, 0.05) is 23.0 Å². The van der Waals surface area contributed by atoms with Crippen LogP contribution in [0.4, 0.5) is 0 Å². The van der Waals surface area contributed by atoms with E-state index in [1.54, 1.807) is 7.11 Å². The van der Waals surface area contributed by atoms with E-state index in [1.165, 1.54) is 17.3 Å². The molecule has 0 atom stereocenters. The molecule has 2 aromatic heterocycles. The minimum atomic E-state index is -0.102. The summed E-state index contributed by atoms with van der Waals surface area (Å²) in [6.45, 7) is 4.52. The molecule has 0 bridgehead atoms. The van der Waals surface area contributed by atoms with E-state index in [2.05, 4.69) is 51.5 Å². The molecule has 2 heterocycles. The minimum absolute atomic E-state index is 0.102. The Balaban J connectivity index is 1.45. The maximum atomic E-state index is 12.3. The van der Waals surface area contributed by atoms with Crippen LogP contribution in [0.2, 0.25) is 0 Å². The van der Waals surface area contributed by atoms with Crippen LogP contribution in [0.25, 0.3) is 22.1 Å². The van der Waals surface area contributed by atoms with Crippen molar-refractivity contribution in [3.8, 4) is 5.75 Å². The van der Waals surface area contributed by atoms with Crippen LogP contribution in [-0.2, 0) is 11.3 Å². The maximum absolute atomic E-state index is 12.3. The van der Waals surface area contributed by atoms with Gasteiger partial charge in [0.05, 0.1) is 12.9 Å². The first kappa shape index (κ1) is 19.2. The number of thioether (sulfide) groups is 1. The highest BCUT2D eigenvalue weighted by Gasteiger charge is 2.13. The van der Waals surface area contributed by atoms with Crippen LogP contribution in [0.3, 0.4) is 0 Å². The lowest BCUT2D eigenvalue weighted by Crippen LogP contribution is -2.24. The van der Waals surface area contributed by atoms with E-state index in [0.717, 1.165) is 33.3 Å². The average molecular weight is 407 g/mol. The Morgan fingerprint density at radius 2 is 2.03 bits per heavy atom. The van der Waals surface area contributed by atoms with Crippen molar-refractivity contribution in [1.82, 2.24) is 25.5 Å². The van der Waals surface area contributed by atoms with Gasteiger partial charge in [-0.2, -0.15) is 0 Å². The molecule has 8 heteroatoms. The number of nitrogens with one attached hydrogen (secondary N) is 2. The van der Waals surface area contributed by atoms with Gasteiger partial charge in [0.25, 0.3) is 0 Å². The quantitative estimate of drug-likeness (QED) is 0.475. The highest BCUT2D eigenvalue weighted by Crippen LogP contribution is 2.28. The Labute approximate surface area is 172 Å². The lowest BCUT2D eigenvalue weighted by atomic mass is 10.1. The Morgan fingerprint density at radius 1 is 1.21 bits per heavy atom. The van der Waals surface area contributed by atoms with Crippen LogP contribution in [-0.4, -0.2) is 38.9 Å². The van der Waals surface area contributed by atoms with E-state index in [1.807, 2.05) is 24.3 Å². The van der Waals surface area contributed by atoms with Crippen LogP contribution >= 0.6 is 11.8 Å². The zero-order valence-electron chi connectivity index (χ0n) is 16.4. The minimum Gasteiger partial charge on any atom is -0.496 e. The fourth-order valence-electron chi connectivity index (χ4n) is 3.36. The van der Waals surface area contributed by atoms with Gasteiger partial charge in [0.2, 0.25) is 11.1 Å². The van der Waals surface area contributed by atoms with Crippen molar-refractivity contribution >= 4 is 39.7 Å².